The number of hydrogen-bond acceptors (Lipinski definition) is 5. The highest BCUT2D eigenvalue weighted by Crippen LogP contribution is 2.28. The second kappa shape index (κ2) is 8.41. The highest BCUT2D eigenvalue weighted by molar-refractivity contribution is 5.85. The van der Waals surface area contributed by atoms with E-state index >= 15 is 0 Å². The fourth-order valence-corrected chi connectivity index (χ4v) is 3.37. The van der Waals surface area contributed by atoms with E-state index in [1.54, 1.807) is 20.3 Å². The molecule has 1 fully saturated rings. The third kappa shape index (κ3) is 4.59. The van der Waals surface area contributed by atoms with Crippen LogP contribution in [0.1, 0.15) is 17.5 Å². The summed E-state index contributed by atoms with van der Waals surface area (Å²) in [6.07, 6.45) is 0.428. The predicted octanol–water partition coefficient (Wildman–Crippen LogP) is 1.96. The Labute approximate surface area is 159 Å². The van der Waals surface area contributed by atoms with Gasteiger partial charge in [0.15, 0.2) is 17.1 Å². The molecule has 6 heteroatoms. The normalized spacial score (nSPS) is 19.7. The summed E-state index contributed by atoms with van der Waals surface area (Å²) < 4.78 is 10.5. The molecule has 0 aliphatic carbocycles. The van der Waals surface area contributed by atoms with Crippen LogP contribution >= 0.6 is 0 Å². The summed E-state index contributed by atoms with van der Waals surface area (Å²) in [6, 6.07) is 15.5. The number of β-amino-alcohol motifs (C(OH)–C–C–N with tert-alkyl or cyclic N) is 1. The Morgan fingerprint density at radius 2 is 1.85 bits per heavy atom. The Bertz CT molecular complexity index is 781. The topological polar surface area (TPSA) is 71.0 Å². The number of carbonyl (C=O) groups excluding carboxylic acids is 1. The van der Waals surface area contributed by atoms with E-state index in [0.717, 1.165) is 12.1 Å². The standard InChI is InChI=1S/C21H26N2O4/c1-26-18-9-8-17(12-19(18)27-2)13-22-20(24)21(25)10-11-23(15-21)14-16-6-4-3-5-7-16/h3-9,12,25H,10-11,13-15H2,1-2H3,(H,22,24)/t21-/m0/s1. The maximum absolute atomic E-state index is 12.6. The lowest BCUT2D eigenvalue weighted by Crippen LogP contribution is -2.48. The second-order valence-corrected chi connectivity index (χ2v) is 6.85. The van der Waals surface area contributed by atoms with E-state index in [-0.39, 0.29) is 5.91 Å². The molecule has 0 unspecified atom stereocenters. The molecule has 0 aromatic heterocycles. The Kier molecular flexibility index (Phi) is 5.98. The van der Waals surface area contributed by atoms with Crippen molar-refractivity contribution in [2.45, 2.75) is 25.1 Å². The second-order valence-electron chi connectivity index (χ2n) is 6.85. The fraction of sp³-hybridized carbons (Fsp3) is 0.381. The van der Waals surface area contributed by atoms with Gasteiger partial charge in [0.25, 0.3) is 5.91 Å². The van der Waals surface area contributed by atoms with Crippen molar-refractivity contribution in [1.82, 2.24) is 10.2 Å². The summed E-state index contributed by atoms with van der Waals surface area (Å²) in [6.45, 7) is 2.07. The maximum Gasteiger partial charge on any atom is 0.253 e. The zero-order chi connectivity index (χ0) is 19.3. The molecule has 0 radical (unpaired) electrons. The van der Waals surface area contributed by atoms with E-state index < -0.39 is 5.60 Å². The molecule has 1 heterocycles. The Hall–Kier alpha value is -2.57. The van der Waals surface area contributed by atoms with Crippen LogP contribution in [0.25, 0.3) is 0 Å². The lowest BCUT2D eigenvalue weighted by Gasteiger charge is -2.23. The van der Waals surface area contributed by atoms with Crippen LogP contribution in [-0.2, 0) is 17.9 Å². The van der Waals surface area contributed by atoms with Crippen LogP contribution in [-0.4, -0.2) is 48.8 Å². The van der Waals surface area contributed by atoms with Gasteiger partial charge in [-0.2, -0.15) is 0 Å². The lowest BCUT2D eigenvalue weighted by atomic mass is 10.0. The SMILES string of the molecule is COc1ccc(CNC(=O)[C@]2(O)CCN(Cc3ccccc3)C2)cc1OC. The molecule has 0 saturated carbocycles. The Balaban J connectivity index is 1.56. The van der Waals surface area contributed by atoms with Gasteiger partial charge in [0.1, 0.15) is 0 Å². The molecule has 1 amide bonds. The first-order valence-corrected chi connectivity index (χ1v) is 9.02. The first-order valence-electron chi connectivity index (χ1n) is 9.02. The molecule has 1 aliphatic heterocycles. The molecular formula is C21H26N2O4. The van der Waals surface area contributed by atoms with Crippen LogP contribution in [0, 0.1) is 0 Å². The van der Waals surface area contributed by atoms with E-state index in [0.29, 0.717) is 37.6 Å². The molecule has 1 aliphatic rings. The van der Waals surface area contributed by atoms with Crippen molar-refractivity contribution in [3.05, 3.63) is 59.7 Å². The summed E-state index contributed by atoms with van der Waals surface area (Å²) in [4.78, 5) is 14.7. The van der Waals surface area contributed by atoms with Gasteiger partial charge in [-0.3, -0.25) is 9.69 Å². The highest BCUT2D eigenvalue weighted by atomic mass is 16.5. The minimum Gasteiger partial charge on any atom is -0.493 e. The maximum atomic E-state index is 12.6. The van der Waals surface area contributed by atoms with E-state index in [1.165, 1.54) is 5.56 Å². The van der Waals surface area contributed by atoms with E-state index in [1.807, 2.05) is 30.3 Å². The third-order valence-electron chi connectivity index (χ3n) is 4.90. The number of benzene rings is 2. The van der Waals surface area contributed by atoms with E-state index in [2.05, 4.69) is 22.3 Å². The highest BCUT2D eigenvalue weighted by Gasteiger charge is 2.42. The van der Waals surface area contributed by atoms with Crippen LogP contribution in [0.3, 0.4) is 0 Å². The first-order chi connectivity index (χ1) is 13.0. The summed E-state index contributed by atoms with van der Waals surface area (Å²) >= 11 is 0. The number of likely N-dealkylation sites (tertiary alicyclic amines) is 1. The average Bonchev–Trinajstić information content (AvgIpc) is 3.08. The van der Waals surface area contributed by atoms with Crippen molar-refractivity contribution in [3.63, 3.8) is 0 Å². The molecule has 6 nitrogen and oxygen atoms in total. The third-order valence-corrected chi connectivity index (χ3v) is 4.90. The van der Waals surface area contributed by atoms with E-state index in [9.17, 15) is 9.90 Å². The lowest BCUT2D eigenvalue weighted by molar-refractivity contribution is -0.138. The number of nitrogens with zero attached hydrogens (tertiary/aromatic N) is 1. The quantitative estimate of drug-likeness (QED) is 0.780. The molecule has 3 rings (SSSR count). The van der Waals surface area contributed by atoms with Gasteiger partial charge in [0, 0.05) is 26.2 Å². The van der Waals surface area contributed by atoms with Gasteiger partial charge in [0.2, 0.25) is 0 Å². The van der Waals surface area contributed by atoms with Gasteiger partial charge in [-0.1, -0.05) is 36.4 Å². The van der Waals surface area contributed by atoms with Gasteiger partial charge in [-0.15, -0.1) is 0 Å². The first kappa shape index (κ1) is 19.2. The summed E-state index contributed by atoms with van der Waals surface area (Å²) in [5, 5.41) is 13.6. The molecule has 0 bridgehead atoms. The fourth-order valence-electron chi connectivity index (χ4n) is 3.37. The number of methoxy groups -OCH3 is 2. The van der Waals surface area contributed by atoms with Crippen LogP contribution in [0.15, 0.2) is 48.5 Å². The van der Waals surface area contributed by atoms with Crippen LogP contribution < -0.4 is 14.8 Å². The van der Waals surface area contributed by atoms with Gasteiger partial charge >= 0.3 is 0 Å². The number of amides is 1. The smallest absolute Gasteiger partial charge is 0.253 e. The van der Waals surface area contributed by atoms with Crippen LogP contribution in [0.4, 0.5) is 0 Å². The van der Waals surface area contributed by atoms with E-state index in [4.69, 9.17) is 9.47 Å². The van der Waals surface area contributed by atoms with Crippen molar-refractivity contribution in [2.75, 3.05) is 27.3 Å². The van der Waals surface area contributed by atoms with Crippen molar-refractivity contribution < 1.29 is 19.4 Å². The Morgan fingerprint density at radius 1 is 1.11 bits per heavy atom. The zero-order valence-electron chi connectivity index (χ0n) is 15.8. The van der Waals surface area contributed by atoms with Gasteiger partial charge in [-0.25, -0.2) is 0 Å². The number of hydrogen-bond donors (Lipinski definition) is 2. The largest absolute Gasteiger partial charge is 0.493 e. The van der Waals surface area contributed by atoms with Crippen molar-refractivity contribution in [1.29, 1.82) is 0 Å². The van der Waals surface area contributed by atoms with Crippen molar-refractivity contribution in [3.8, 4) is 11.5 Å². The monoisotopic (exact) mass is 370 g/mol. The minimum atomic E-state index is -1.36. The number of carbonyl (C=O) groups is 1. The number of ether oxygens (including phenoxy) is 2. The molecule has 2 aromatic rings. The summed E-state index contributed by atoms with van der Waals surface area (Å²) in [5.41, 5.74) is 0.696. The zero-order valence-corrected chi connectivity index (χ0v) is 15.8. The number of rotatable bonds is 7. The van der Waals surface area contributed by atoms with Gasteiger partial charge < -0.3 is 19.9 Å². The molecule has 27 heavy (non-hydrogen) atoms. The van der Waals surface area contributed by atoms with Crippen molar-refractivity contribution >= 4 is 5.91 Å². The molecule has 1 saturated heterocycles. The molecule has 2 N–H and O–H groups in total. The number of nitrogens with one attached hydrogen (secondary N) is 1. The van der Waals surface area contributed by atoms with Gasteiger partial charge in [0.05, 0.1) is 14.2 Å². The molecule has 144 valence electrons. The summed E-state index contributed by atoms with van der Waals surface area (Å²) in [5.74, 6) is 0.907. The average molecular weight is 370 g/mol. The molecule has 0 spiro atoms. The molecular weight excluding hydrogens is 344 g/mol. The predicted molar refractivity (Wildman–Crippen MR) is 103 cm³/mol. The van der Waals surface area contributed by atoms with Gasteiger partial charge in [-0.05, 0) is 29.7 Å². The van der Waals surface area contributed by atoms with Crippen LogP contribution in [0.2, 0.25) is 0 Å². The number of aliphatic hydroxyl groups is 1. The summed E-state index contributed by atoms with van der Waals surface area (Å²) in [7, 11) is 3.15. The molecule has 2 aromatic carbocycles. The van der Waals surface area contributed by atoms with Crippen LogP contribution in [0.5, 0.6) is 11.5 Å². The Morgan fingerprint density at radius 3 is 2.56 bits per heavy atom. The molecule has 1 atom stereocenters. The van der Waals surface area contributed by atoms with Crippen molar-refractivity contribution in [2.24, 2.45) is 0 Å². The minimum absolute atomic E-state index is 0.320.